The highest BCUT2D eigenvalue weighted by atomic mass is 31.2. The minimum absolute atomic E-state index is 0.586. The van der Waals surface area contributed by atoms with Gasteiger partial charge in [0.1, 0.15) is 0 Å². The van der Waals surface area contributed by atoms with Crippen molar-refractivity contribution in [1.29, 1.82) is 0 Å². The van der Waals surface area contributed by atoms with Crippen LogP contribution in [0.15, 0.2) is 0 Å². The Morgan fingerprint density at radius 2 is 1.77 bits per heavy atom. The summed E-state index contributed by atoms with van der Waals surface area (Å²) in [5.74, 6) is 2.60. The Morgan fingerprint density at radius 1 is 1.23 bits per heavy atom. The van der Waals surface area contributed by atoms with Crippen molar-refractivity contribution < 1.29 is 9.05 Å². The van der Waals surface area contributed by atoms with Crippen LogP contribution in [0.2, 0.25) is 0 Å². The minimum atomic E-state index is -0.939. The van der Waals surface area contributed by atoms with Crippen molar-refractivity contribution in [1.82, 2.24) is 4.67 Å². The lowest BCUT2D eigenvalue weighted by Gasteiger charge is -2.25. The Kier molecular flexibility index (Phi) is 8.38. The predicted octanol–water partition coefficient (Wildman–Crippen LogP) is 2.24. The van der Waals surface area contributed by atoms with E-state index in [-0.39, 0.29) is 0 Å². The molecule has 0 aromatic carbocycles. The molecular weight excluding hydrogens is 185 g/mol. The van der Waals surface area contributed by atoms with Crippen LogP contribution in [-0.4, -0.2) is 31.0 Å². The minimum Gasteiger partial charge on any atom is -0.322 e. The number of terminal acetylenes is 1. The molecule has 13 heavy (non-hydrogen) atoms. The predicted molar refractivity (Wildman–Crippen MR) is 56.3 cm³/mol. The van der Waals surface area contributed by atoms with E-state index in [9.17, 15) is 0 Å². The first-order valence-corrected chi connectivity index (χ1v) is 5.67. The van der Waals surface area contributed by atoms with Gasteiger partial charge in [-0.25, -0.2) is 4.67 Å². The molecule has 0 radical (unpaired) electrons. The lowest BCUT2D eigenvalue weighted by molar-refractivity contribution is 0.226. The fourth-order valence-electron chi connectivity index (χ4n) is 0.812. The zero-order valence-corrected chi connectivity index (χ0v) is 9.51. The standard InChI is InChI=1S/C9H18NO2P/c1-5-9-10(6-2)13(11-7-3)12-8-4/h1H,6-9H2,2-4H3. The molecule has 0 aliphatic rings. The van der Waals surface area contributed by atoms with Crippen molar-refractivity contribution in [3.63, 3.8) is 0 Å². The molecule has 0 rings (SSSR count). The third-order valence-corrected chi connectivity index (χ3v) is 3.19. The Hall–Kier alpha value is -0.130. The monoisotopic (exact) mass is 203 g/mol. The van der Waals surface area contributed by atoms with Crippen LogP contribution < -0.4 is 0 Å². The summed E-state index contributed by atoms with van der Waals surface area (Å²) in [5, 5.41) is 0. The van der Waals surface area contributed by atoms with Gasteiger partial charge in [-0.2, -0.15) is 0 Å². The van der Waals surface area contributed by atoms with Crippen LogP contribution in [0, 0.1) is 12.3 Å². The molecule has 0 heterocycles. The zero-order chi connectivity index (χ0) is 10.1. The highest BCUT2D eigenvalue weighted by Crippen LogP contribution is 2.41. The third-order valence-electron chi connectivity index (χ3n) is 1.35. The van der Waals surface area contributed by atoms with Gasteiger partial charge < -0.3 is 9.05 Å². The Balaban J connectivity index is 4.04. The van der Waals surface area contributed by atoms with Gasteiger partial charge >= 0.3 is 0 Å². The highest BCUT2D eigenvalue weighted by Gasteiger charge is 2.17. The van der Waals surface area contributed by atoms with Crippen molar-refractivity contribution in [3.05, 3.63) is 0 Å². The maximum absolute atomic E-state index is 5.46. The lowest BCUT2D eigenvalue weighted by Crippen LogP contribution is -2.20. The van der Waals surface area contributed by atoms with Crippen molar-refractivity contribution in [2.75, 3.05) is 26.3 Å². The first-order valence-electron chi connectivity index (χ1n) is 4.54. The summed E-state index contributed by atoms with van der Waals surface area (Å²) in [6, 6.07) is 0. The van der Waals surface area contributed by atoms with Gasteiger partial charge in [0, 0.05) is 6.54 Å². The average molecular weight is 203 g/mol. The second-order valence-corrected chi connectivity index (χ2v) is 3.82. The van der Waals surface area contributed by atoms with Gasteiger partial charge in [-0.15, -0.1) is 6.42 Å². The molecule has 0 saturated carbocycles. The van der Waals surface area contributed by atoms with E-state index in [4.69, 9.17) is 15.5 Å². The Morgan fingerprint density at radius 3 is 2.08 bits per heavy atom. The van der Waals surface area contributed by atoms with Crippen molar-refractivity contribution >= 4 is 8.53 Å². The summed E-state index contributed by atoms with van der Waals surface area (Å²) in [4.78, 5) is 0. The summed E-state index contributed by atoms with van der Waals surface area (Å²) < 4.78 is 13.0. The smallest absolute Gasteiger partial charge is 0.259 e. The molecule has 0 unspecified atom stereocenters. The first-order chi connectivity index (χ1) is 6.29. The Bertz CT molecular complexity index is 152. The molecule has 0 amide bonds. The van der Waals surface area contributed by atoms with Crippen molar-refractivity contribution in [2.24, 2.45) is 0 Å². The van der Waals surface area contributed by atoms with Crippen molar-refractivity contribution in [3.8, 4) is 12.3 Å². The molecule has 0 N–H and O–H groups in total. The fraction of sp³-hybridized carbons (Fsp3) is 0.778. The Labute approximate surface area is 82.4 Å². The average Bonchev–Trinajstić information content (AvgIpc) is 2.14. The van der Waals surface area contributed by atoms with Gasteiger partial charge in [-0.3, -0.25) is 0 Å². The summed E-state index contributed by atoms with van der Waals surface area (Å²) >= 11 is 0. The number of hydrogen-bond donors (Lipinski definition) is 0. The third kappa shape index (κ3) is 5.23. The first kappa shape index (κ1) is 12.9. The number of nitrogens with zero attached hydrogens (tertiary/aromatic N) is 1. The maximum Gasteiger partial charge on any atom is 0.259 e. The van der Waals surface area contributed by atoms with Crippen LogP contribution in [0.5, 0.6) is 0 Å². The molecule has 0 aliphatic heterocycles. The second-order valence-electron chi connectivity index (χ2n) is 2.26. The molecule has 0 bridgehead atoms. The molecule has 0 aliphatic carbocycles. The van der Waals surface area contributed by atoms with Crippen LogP contribution in [0.1, 0.15) is 20.8 Å². The van der Waals surface area contributed by atoms with Gasteiger partial charge in [0.2, 0.25) is 0 Å². The normalized spacial score (nSPS) is 10.8. The number of hydrogen-bond acceptors (Lipinski definition) is 3. The molecule has 0 aromatic heterocycles. The summed E-state index contributed by atoms with van der Waals surface area (Å²) in [7, 11) is -0.939. The molecule has 3 nitrogen and oxygen atoms in total. The molecule has 0 fully saturated rings. The summed E-state index contributed by atoms with van der Waals surface area (Å²) in [5.41, 5.74) is 0. The van der Waals surface area contributed by atoms with Crippen LogP contribution >= 0.6 is 8.53 Å². The topological polar surface area (TPSA) is 21.7 Å². The van der Waals surface area contributed by atoms with E-state index in [0.29, 0.717) is 19.8 Å². The van der Waals surface area contributed by atoms with E-state index in [1.165, 1.54) is 0 Å². The summed E-state index contributed by atoms with van der Waals surface area (Å²) in [6.07, 6.45) is 5.24. The van der Waals surface area contributed by atoms with E-state index in [2.05, 4.69) is 5.92 Å². The zero-order valence-electron chi connectivity index (χ0n) is 8.62. The van der Waals surface area contributed by atoms with Crippen LogP contribution in [-0.2, 0) is 9.05 Å². The van der Waals surface area contributed by atoms with Gasteiger partial charge in [-0.1, -0.05) is 12.8 Å². The van der Waals surface area contributed by atoms with Crippen molar-refractivity contribution in [2.45, 2.75) is 20.8 Å². The SMILES string of the molecule is C#CCN(CC)P(OCC)OCC. The molecule has 4 heteroatoms. The molecule has 0 aromatic rings. The molecule has 0 atom stereocenters. The lowest BCUT2D eigenvalue weighted by atomic mass is 10.6. The second kappa shape index (κ2) is 8.47. The van der Waals surface area contributed by atoms with E-state index in [1.807, 2.05) is 25.4 Å². The highest BCUT2D eigenvalue weighted by molar-refractivity contribution is 7.44. The quantitative estimate of drug-likeness (QED) is 0.468. The van der Waals surface area contributed by atoms with Gasteiger partial charge in [0.25, 0.3) is 8.53 Å². The molecular formula is C9H18NO2P. The summed E-state index contributed by atoms with van der Waals surface area (Å²) in [6.45, 7) is 8.72. The van der Waals surface area contributed by atoms with Crippen LogP contribution in [0.25, 0.3) is 0 Å². The van der Waals surface area contributed by atoms with Gasteiger partial charge in [0.15, 0.2) is 0 Å². The van der Waals surface area contributed by atoms with E-state index in [0.717, 1.165) is 6.54 Å². The van der Waals surface area contributed by atoms with Crippen LogP contribution in [0.4, 0.5) is 0 Å². The van der Waals surface area contributed by atoms with Crippen LogP contribution in [0.3, 0.4) is 0 Å². The van der Waals surface area contributed by atoms with E-state index >= 15 is 0 Å². The fourth-order valence-corrected chi connectivity index (χ4v) is 2.08. The van der Waals surface area contributed by atoms with E-state index in [1.54, 1.807) is 0 Å². The maximum atomic E-state index is 5.46. The molecule has 76 valence electrons. The molecule has 0 saturated heterocycles. The van der Waals surface area contributed by atoms with Gasteiger partial charge in [0.05, 0.1) is 19.8 Å². The largest absolute Gasteiger partial charge is 0.322 e. The number of rotatable bonds is 7. The van der Waals surface area contributed by atoms with Gasteiger partial charge in [-0.05, 0) is 13.8 Å². The van der Waals surface area contributed by atoms with E-state index < -0.39 is 8.53 Å². The molecule has 0 spiro atoms.